The van der Waals surface area contributed by atoms with Crippen LogP contribution < -0.4 is 5.32 Å². The van der Waals surface area contributed by atoms with Crippen LogP contribution in [0.5, 0.6) is 0 Å². The SMILES string of the molecule is CCc1cccc(C)c1N/C(SCc1cccc(C)c1)=C(/C#N)S(=O)(=O)c1ccccc1. The lowest BCUT2D eigenvalue weighted by atomic mass is 10.1. The van der Waals surface area contributed by atoms with Crippen LogP contribution in [-0.4, -0.2) is 8.42 Å². The van der Waals surface area contributed by atoms with Gasteiger partial charge in [0.05, 0.1) is 4.90 Å². The van der Waals surface area contributed by atoms with Gasteiger partial charge in [-0.25, -0.2) is 8.42 Å². The number of aryl methyl sites for hydroxylation is 3. The molecule has 0 atom stereocenters. The molecule has 0 saturated heterocycles. The van der Waals surface area contributed by atoms with Crippen molar-refractivity contribution in [3.8, 4) is 6.07 Å². The van der Waals surface area contributed by atoms with Gasteiger partial charge in [-0.15, -0.1) is 11.8 Å². The van der Waals surface area contributed by atoms with E-state index in [0.29, 0.717) is 10.8 Å². The van der Waals surface area contributed by atoms with Crippen molar-refractivity contribution >= 4 is 27.3 Å². The number of hydrogen-bond donors (Lipinski definition) is 1. The number of benzene rings is 3. The van der Waals surface area contributed by atoms with Crippen molar-refractivity contribution in [3.63, 3.8) is 0 Å². The monoisotopic (exact) mass is 462 g/mol. The lowest BCUT2D eigenvalue weighted by molar-refractivity contribution is 0.603. The first-order chi connectivity index (χ1) is 15.4. The molecule has 0 aliphatic heterocycles. The van der Waals surface area contributed by atoms with E-state index in [0.717, 1.165) is 34.4 Å². The number of allylic oxidation sites excluding steroid dienone is 1. The van der Waals surface area contributed by atoms with Gasteiger partial charge in [0.1, 0.15) is 11.1 Å². The molecule has 0 fully saturated rings. The second-order valence-electron chi connectivity index (χ2n) is 7.45. The minimum atomic E-state index is -3.98. The molecule has 164 valence electrons. The first-order valence-electron chi connectivity index (χ1n) is 10.3. The Morgan fingerprint density at radius 2 is 1.72 bits per heavy atom. The number of sulfone groups is 1. The Morgan fingerprint density at radius 1 is 1.00 bits per heavy atom. The Labute approximate surface area is 194 Å². The Hall–Kier alpha value is -3.01. The van der Waals surface area contributed by atoms with Crippen LogP contribution in [0.1, 0.15) is 29.2 Å². The van der Waals surface area contributed by atoms with Gasteiger partial charge in [-0.05, 0) is 49.1 Å². The molecular formula is C26H26N2O2S2. The van der Waals surface area contributed by atoms with E-state index in [1.807, 2.05) is 56.3 Å². The zero-order valence-corrected chi connectivity index (χ0v) is 20.1. The maximum absolute atomic E-state index is 13.4. The summed E-state index contributed by atoms with van der Waals surface area (Å²) in [6.45, 7) is 6.04. The third-order valence-electron chi connectivity index (χ3n) is 5.07. The zero-order chi connectivity index (χ0) is 23.1. The van der Waals surface area contributed by atoms with Gasteiger partial charge in [0, 0.05) is 11.4 Å². The van der Waals surface area contributed by atoms with Crippen LogP contribution in [0.4, 0.5) is 5.69 Å². The second kappa shape index (κ2) is 10.5. The molecule has 0 bridgehead atoms. The normalized spacial score (nSPS) is 12.1. The van der Waals surface area contributed by atoms with Crippen molar-refractivity contribution in [2.75, 3.05) is 5.32 Å². The van der Waals surface area contributed by atoms with E-state index in [1.54, 1.807) is 18.2 Å². The number of nitriles is 1. The van der Waals surface area contributed by atoms with Crippen LogP contribution in [-0.2, 0) is 22.0 Å². The highest BCUT2D eigenvalue weighted by Gasteiger charge is 2.26. The van der Waals surface area contributed by atoms with Gasteiger partial charge in [-0.2, -0.15) is 5.26 Å². The van der Waals surface area contributed by atoms with Crippen molar-refractivity contribution in [1.82, 2.24) is 0 Å². The van der Waals surface area contributed by atoms with Gasteiger partial charge in [-0.3, -0.25) is 0 Å². The quantitative estimate of drug-likeness (QED) is 0.394. The van der Waals surface area contributed by atoms with Gasteiger partial charge in [0.25, 0.3) is 0 Å². The number of nitrogens with zero attached hydrogens (tertiary/aromatic N) is 1. The average Bonchev–Trinajstić information content (AvgIpc) is 2.79. The number of rotatable bonds is 8. The Balaban J connectivity index is 2.11. The lowest BCUT2D eigenvalue weighted by Crippen LogP contribution is -2.11. The van der Waals surface area contributed by atoms with Crippen molar-refractivity contribution in [2.45, 2.75) is 37.8 Å². The maximum Gasteiger partial charge on any atom is 0.219 e. The highest BCUT2D eigenvalue weighted by molar-refractivity contribution is 8.04. The maximum atomic E-state index is 13.4. The molecule has 3 aromatic carbocycles. The van der Waals surface area contributed by atoms with E-state index in [2.05, 4.69) is 18.3 Å². The van der Waals surface area contributed by atoms with Gasteiger partial charge in [0.15, 0.2) is 4.91 Å². The van der Waals surface area contributed by atoms with Gasteiger partial charge >= 0.3 is 0 Å². The Morgan fingerprint density at radius 3 is 2.38 bits per heavy atom. The fraction of sp³-hybridized carbons (Fsp3) is 0.192. The van der Waals surface area contributed by atoms with E-state index in [9.17, 15) is 13.7 Å². The molecule has 0 aliphatic rings. The smallest absolute Gasteiger partial charge is 0.219 e. The van der Waals surface area contributed by atoms with E-state index in [-0.39, 0.29) is 9.80 Å². The van der Waals surface area contributed by atoms with Crippen LogP contribution in [0, 0.1) is 25.2 Å². The topological polar surface area (TPSA) is 70.0 Å². The van der Waals surface area contributed by atoms with Crippen LogP contribution in [0.15, 0.2) is 87.6 Å². The van der Waals surface area contributed by atoms with Crippen molar-refractivity contribution in [2.24, 2.45) is 0 Å². The third kappa shape index (κ3) is 5.42. The molecule has 4 nitrogen and oxygen atoms in total. The molecule has 0 radical (unpaired) electrons. The summed E-state index contributed by atoms with van der Waals surface area (Å²) in [5.74, 6) is 0.535. The standard InChI is InChI=1S/C26H26N2O2S2/c1-4-22-13-9-11-20(3)25(22)28-26(31-18-21-12-8-10-19(2)16-21)24(17-27)32(29,30)23-14-6-5-7-15-23/h5-16,28H,4,18H2,1-3H3/b26-24+. The van der Waals surface area contributed by atoms with Crippen LogP contribution in [0.2, 0.25) is 0 Å². The Bertz CT molecular complexity index is 1270. The molecule has 0 aliphatic carbocycles. The molecule has 3 aromatic rings. The molecule has 6 heteroatoms. The summed E-state index contributed by atoms with van der Waals surface area (Å²) in [6, 6.07) is 24.1. The molecular weight excluding hydrogens is 436 g/mol. The highest BCUT2D eigenvalue weighted by atomic mass is 32.2. The highest BCUT2D eigenvalue weighted by Crippen LogP contribution is 2.33. The minimum Gasteiger partial charge on any atom is -0.348 e. The van der Waals surface area contributed by atoms with Crippen LogP contribution in [0.25, 0.3) is 0 Å². The summed E-state index contributed by atoms with van der Waals surface area (Å²) in [5.41, 5.74) is 5.09. The molecule has 0 spiro atoms. The molecule has 0 unspecified atom stereocenters. The molecule has 3 rings (SSSR count). The van der Waals surface area contributed by atoms with Crippen LogP contribution >= 0.6 is 11.8 Å². The second-order valence-corrected chi connectivity index (χ2v) is 10.3. The zero-order valence-electron chi connectivity index (χ0n) is 18.4. The van der Waals surface area contributed by atoms with Gasteiger partial charge in [-0.1, -0.05) is 73.2 Å². The number of nitrogens with one attached hydrogen (secondary N) is 1. The molecule has 32 heavy (non-hydrogen) atoms. The summed E-state index contributed by atoms with van der Waals surface area (Å²) in [5, 5.41) is 13.6. The fourth-order valence-corrected chi connectivity index (χ4v) is 5.90. The summed E-state index contributed by atoms with van der Waals surface area (Å²) >= 11 is 1.33. The predicted octanol–water partition coefficient (Wildman–Crippen LogP) is 6.38. The number of para-hydroxylation sites is 1. The number of anilines is 1. The van der Waals surface area contributed by atoms with E-state index < -0.39 is 9.84 Å². The van der Waals surface area contributed by atoms with E-state index in [1.165, 1.54) is 23.9 Å². The third-order valence-corrected chi connectivity index (χ3v) is 8.00. The fourth-order valence-electron chi connectivity index (χ4n) is 3.38. The van der Waals surface area contributed by atoms with Crippen LogP contribution in [0.3, 0.4) is 0 Å². The number of hydrogen-bond acceptors (Lipinski definition) is 5. The number of thioether (sulfide) groups is 1. The molecule has 0 aromatic heterocycles. The predicted molar refractivity (Wildman–Crippen MR) is 133 cm³/mol. The van der Waals surface area contributed by atoms with Crippen molar-refractivity contribution < 1.29 is 8.42 Å². The van der Waals surface area contributed by atoms with Crippen molar-refractivity contribution in [3.05, 3.63) is 105 Å². The summed E-state index contributed by atoms with van der Waals surface area (Å²) in [6.07, 6.45) is 0.785. The first kappa shape index (κ1) is 23.6. The largest absolute Gasteiger partial charge is 0.348 e. The molecule has 0 heterocycles. The van der Waals surface area contributed by atoms with Crippen molar-refractivity contribution in [1.29, 1.82) is 5.26 Å². The lowest BCUT2D eigenvalue weighted by Gasteiger charge is -2.18. The van der Waals surface area contributed by atoms with Gasteiger partial charge in [0.2, 0.25) is 9.84 Å². The molecule has 0 saturated carbocycles. The molecule has 0 amide bonds. The summed E-state index contributed by atoms with van der Waals surface area (Å²) in [4.78, 5) is -0.167. The first-order valence-corrected chi connectivity index (χ1v) is 12.8. The minimum absolute atomic E-state index is 0.104. The average molecular weight is 463 g/mol. The molecule has 1 N–H and O–H groups in total. The van der Waals surface area contributed by atoms with E-state index in [4.69, 9.17) is 0 Å². The Kier molecular flexibility index (Phi) is 7.79. The van der Waals surface area contributed by atoms with Gasteiger partial charge < -0.3 is 5.32 Å². The van der Waals surface area contributed by atoms with E-state index >= 15 is 0 Å². The summed E-state index contributed by atoms with van der Waals surface area (Å²) in [7, 11) is -3.98. The summed E-state index contributed by atoms with van der Waals surface area (Å²) < 4.78 is 26.7.